The molecule has 0 saturated carbocycles. The molecule has 2 aromatic carbocycles. The van der Waals surface area contributed by atoms with Gasteiger partial charge < -0.3 is 5.11 Å². The standard InChI is InChI=1S/C16H11FN2O2/c17-13-7-5-11(6-8-13)12-9-18-19(10-12)15-4-2-1-3-14(15)16(20)21/h1-10H,(H,20,21). The minimum atomic E-state index is -1.01. The average molecular weight is 282 g/mol. The second-order valence-corrected chi connectivity index (χ2v) is 4.50. The van der Waals surface area contributed by atoms with Gasteiger partial charge in [-0.25, -0.2) is 13.9 Å². The summed E-state index contributed by atoms with van der Waals surface area (Å²) in [5.74, 6) is -1.31. The van der Waals surface area contributed by atoms with Crippen molar-refractivity contribution < 1.29 is 14.3 Å². The lowest BCUT2D eigenvalue weighted by Crippen LogP contribution is -2.05. The molecule has 0 radical (unpaired) electrons. The Morgan fingerprint density at radius 2 is 1.76 bits per heavy atom. The topological polar surface area (TPSA) is 55.1 Å². The molecule has 3 aromatic rings. The third kappa shape index (κ3) is 2.53. The minimum Gasteiger partial charge on any atom is -0.478 e. The molecule has 1 aromatic heterocycles. The van der Waals surface area contributed by atoms with Gasteiger partial charge in [0.1, 0.15) is 5.82 Å². The second-order valence-electron chi connectivity index (χ2n) is 4.50. The van der Waals surface area contributed by atoms with Crippen LogP contribution in [0.4, 0.5) is 4.39 Å². The molecule has 0 aliphatic heterocycles. The molecule has 1 N–H and O–H groups in total. The predicted molar refractivity (Wildman–Crippen MR) is 75.9 cm³/mol. The van der Waals surface area contributed by atoms with Crippen LogP contribution in [-0.2, 0) is 0 Å². The van der Waals surface area contributed by atoms with Gasteiger partial charge in [0, 0.05) is 11.8 Å². The molecule has 5 heteroatoms. The van der Waals surface area contributed by atoms with Gasteiger partial charge in [-0.05, 0) is 29.8 Å². The Morgan fingerprint density at radius 1 is 1.05 bits per heavy atom. The summed E-state index contributed by atoms with van der Waals surface area (Å²) in [4.78, 5) is 11.2. The van der Waals surface area contributed by atoms with E-state index in [1.807, 2.05) is 0 Å². The average Bonchev–Trinajstić information content (AvgIpc) is 2.97. The molecule has 21 heavy (non-hydrogen) atoms. The molecule has 0 unspecified atom stereocenters. The highest BCUT2D eigenvalue weighted by Crippen LogP contribution is 2.21. The molecular formula is C16H11FN2O2. The number of carbonyl (C=O) groups is 1. The largest absolute Gasteiger partial charge is 0.478 e. The van der Waals surface area contributed by atoms with E-state index in [2.05, 4.69) is 5.10 Å². The molecule has 104 valence electrons. The lowest BCUT2D eigenvalue weighted by molar-refractivity contribution is 0.0696. The molecule has 0 amide bonds. The Hall–Kier alpha value is -2.95. The number of rotatable bonds is 3. The number of hydrogen-bond donors (Lipinski definition) is 1. The van der Waals surface area contributed by atoms with E-state index in [0.717, 1.165) is 11.1 Å². The van der Waals surface area contributed by atoms with Gasteiger partial charge in [0.2, 0.25) is 0 Å². The van der Waals surface area contributed by atoms with Crippen LogP contribution in [0.1, 0.15) is 10.4 Å². The van der Waals surface area contributed by atoms with Crippen molar-refractivity contribution in [2.75, 3.05) is 0 Å². The van der Waals surface area contributed by atoms with Crippen LogP contribution < -0.4 is 0 Å². The molecule has 0 fully saturated rings. The molecule has 0 spiro atoms. The first-order valence-electron chi connectivity index (χ1n) is 6.28. The molecular weight excluding hydrogens is 271 g/mol. The maximum Gasteiger partial charge on any atom is 0.337 e. The maximum absolute atomic E-state index is 12.9. The van der Waals surface area contributed by atoms with E-state index in [-0.39, 0.29) is 11.4 Å². The number of halogens is 1. The fourth-order valence-electron chi connectivity index (χ4n) is 2.10. The van der Waals surface area contributed by atoms with Crippen molar-refractivity contribution >= 4 is 5.97 Å². The van der Waals surface area contributed by atoms with Gasteiger partial charge in [-0.15, -0.1) is 0 Å². The quantitative estimate of drug-likeness (QED) is 0.801. The van der Waals surface area contributed by atoms with Gasteiger partial charge in [-0.3, -0.25) is 0 Å². The van der Waals surface area contributed by atoms with Gasteiger partial charge in [-0.1, -0.05) is 24.3 Å². The van der Waals surface area contributed by atoms with Crippen LogP contribution in [0.5, 0.6) is 0 Å². The summed E-state index contributed by atoms with van der Waals surface area (Å²) in [6.07, 6.45) is 3.33. The highest BCUT2D eigenvalue weighted by Gasteiger charge is 2.12. The summed E-state index contributed by atoms with van der Waals surface area (Å²) in [7, 11) is 0. The first-order chi connectivity index (χ1) is 10.1. The van der Waals surface area contributed by atoms with Gasteiger partial charge in [0.25, 0.3) is 0 Å². The van der Waals surface area contributed by atoms with Crippen LogP contribution in [-0.4, -0.2) is 20.9 Å². The van der Waals surface area contributed by atoms with E-state index in [1.54, 1.807) is 42.7 Å². The smallest absolute Gasteiger partial charge is 0.337 e. The van der Waals surface area contributed by atoms with Crippen LogP contribution in [0.2, 0.25) is 0 Å². The molecule has 3 rings (SSSR count). The van der Waals surface area contributed by atoms with Gasteiger partial charge in [0.15, 0.2) is 0 Å². The molecule has 0 bridgehead atoms. The van der Waals surface area contributed by atoms with E-state index in [4.69, 9.17) is 0 Å². The molecule has 0 aliphatic rings. The van der Waals surface area contributed by atoms with Gasteiger partial charge in [-0.2, -0.15) is 5.10 Å². The first-order valence-corrected chi connectivity index (χ1v) is 6.28. The monoisotopic (exact) mass is 282 g/mol. The van der Waals surface area contributed by atoms with Crippen molar-refractivity contribution in [3.8, 4) is 16.8 Å². The number of hydrogen-bond acceptors (Lipinski definition) is 2. The summed E-state index contributed by atoms with van der Waals surface area (Å²) in [5, 5.41) is 13.4. The summed E-state index contributed by atoms with van der Waals surface area (Å²) in [6.45, 7) is 0. The van der Waals surface area contributed by atoms with Crippen molar-refractivity contribution in [1.29, 1.82) is 0 Å². The molecule has 1 heterocycles. The van der Waals surface area contributed by atoms with Crippen molar-refractivity contribution in [2.45, 2.75) is 0 Å². The van der Waals surface area contributed by atoms with Crippen LogP contribution in [0, 0.1) is 5.82 Å². The highest BCUT2D eigenvalue weighted by atomic mass is 19.1. The first kappa shape index (κ1) is 13.1. The summed E-state index contributed by atoms with van der Waals surface area (Å²) >= 11 is 0. The van der Waals surface area contributed by atoms with Crippen LogP contribution in [0.25, 0.3) is 16.8 Å². The summed E-state index contributed by atoms with van der Waals surface area (Å²) in [5.41, 5.74) is 2.26. The normalized spacial score (nSPS) is 10.5. The van der Waals surface area contributed by atoms with Crippen molar-refractivity contribution in [2.24, 2.45) is 0 Å². The minimum absolute atomic E-state index is 0.172. The van der Waals surface area contributed by atoms with Crippen molar-refractivity contribution in [3.05, 3.63) is 72.3 Å². The summed E-state index contributed by atoms with van der Waals surface area (Å²) < 4.78 is 14.4. The number of aromatic nitrogens is 2. The van der Waals surface area contributed by atoms with E-state index < -0.39 is 5.97 Å². The zero-order valence-corrected chi connectivity index (χ0v) is 10.9. The Morgan fingerprint density at radius 3 is 2.48 bits per heavy atom. The van der Waals surface area contributed by atoms with E-state index in [9.17, 15) is 14.3 Å². The second kappa shape index (κ2) is 5.20. The van der Waals surface area contributed by atoms with Crippen molar-refractivity contribution in [3.63, 3.8) is 0 Å². The lowest BCUT2D eigenvalue weighted by Gasteiger charge is -2.05. The van der Waals surface area contributed by atoms with E-state index >= 15 is 0 Å². The molecule has 0 aliphatic carbocycles. The van der Waals surface area contributed by atoms with E-state index in [1.165, 1.54) is 22.9 Å². The molecule has 0 atom stereocenters. The van der Waals surface area contributed by atoms with E-state index in [0.29, 0.717) is 5.69 Å². The number of carboxylic acids is 1. The SMILES string of the molecule is O=C(O)c1ccccc1-n1cc(-c2ccc(F)cc2)cn1. The molecule has 0 saturated heterocycles. The zero-order valence-electron chi connectivity index (χ0n) is 10.9. The maximum atomic E-state index is 12.9. The number of nitrogens with zero attached hydrogens (tertiary/aromatic N) is 2. The highest BCUT2D eigenvalue weighted by molar-refractivity contribution is 5.91. The van der Waals surface area contributed by atoms with Gasteiger partial charge in [0.05, 0.1) is 17.4 Å². The summed E-state index contributed by atoms with van der Waals surface area (Å²) in [6, 6.07) is 12.7. The zero-order chi connectivity index (χ0) is 14.8. The Bertz CT molecular complexity index is 794. The fourth-order valence-corrected chi connectivity index (χ4v) is 2.10. The van der Waals surface area contributed by atoms with Crippen LogP contribution in [0.15, 0.2) is 60.9 Å². The van der Waals surface area contributed by atoms with Gasteiger partial charge >= 0.3 is 5.97 Å². The molecule has 4 nitrogen and oxygen atoms in total. The Kier molecular flexibility index (Phi) is 3.23. The lowest BCUT2D eigenvalue weighted by atomic mass is 10.1. The predicted octanol–water partition coefficient (Wildman–Crippen LogP) is 3.38. The van der Waals surface area contributed by atoms with Crippen LogP contribution >= 0.6 is 0 Å². The third-order valence-electron chi connectivity index (χ3n) is 3.14. The Labute approximate surface area is 120 Å². The third-order valence-corrected chi connectivity index (χ3v) is 3.14. The van der Waals surface area contributed by atoms with Crippen LogP contribution in [0.3, 0.4) is 0 Å². The number of benzene rings is 2. The fraction of sp³-hybridized carbons (Fsp3) is 0. The Balaban J connectivity index is 2.03. The number of aromatic carboxylic acids is 1. The van der Waals surface area contributed by atoms with Crippen molar-refractivity contribution in [1.82, 2.24) is 9.78 Å². The number of para-hydroxylation sites is 1. The number of carboxylic acid groups (broad SMARTS) is 1.